The Morgan fingerprint density at radius 3 is 2.86 bits per heavy atom. The number of thiophene rings is 1. The standard InChI is InChI=1S/C15H18N2O3S/c1-2-5-11-16-14-13(15(20)17(11)8-12(18)19)9-6-3-4-7-10(9)21-14/h2-8H2,1H3,(H,18,19). The molecule has 21 heavy (non-hydrogen) atoms. The Bertz CT molecular complexity index is 760. The van der Waals surface area contributed by atoms with Gasteiger partial charge in [0.15, 0.2) is 0 Å². The Balaban J connectivity index is 2.27. The van der Waals surface area contributed by atoms with E-state index >= 15 is 0 Å². The van der Waals surface area contributed by atoms with Crippen molar-refractivity contribution in [2.24, 2.45) is 0 Å². The van der Waals surface area contributed by atoms with Crippen molar-refractivity contribution in [2.45, 2.75) is 52.0 Å². The third-order valence-electron chi connectivity index (χ3n) is 3.92. The molecule has 0 spiro atoms. The maximum atomic E-state index is 12.8. The molecule has 0 aliphatic heterocycles. The highest BCUT2D eigenvalue weighted by Gasteiger charge is 2.22. The molecule has 5 nitrogen and oxygen atoms in total. The van der Waals surface area contributed by atoms with E-state index in [1.807, 2.05) is 6.92 Å². The van der Waals surface area contributed by atoms with Gasteiger partial charge >= 0.3 is 5.97 Å². The fraction of sp³-hybridized carbons (Fsp3) is 0.533. The second-order valence-electron chi connectivity index (χ2n) is 5.45. The largest absolute Gasteiger partial charge is 0.480 e. The molecular formula is C15H18N2O3S. The van der Waals surface area contributed by atoms with Crippen molar-refractivity contribution in [2.75, 3.05) is 0 Å². The van der Waals surface area contributed by atoms with Crippen LogP contribution < -0.4 is 5.56 Å². The Kier molecular flexibility index (Phi) is 3.80. The number of aromatic nitrogens is 2. The molecule has 2 aromatic heterocycles. The van der Waals surface area contributed by atoms with Gasteiger partial charge in [-0.1, -0.05) is 6.92 Å². The van der Waals surface area contributed by atoms with Gasteiger partial charge in [0.05, 0.1) is 5.39 Å². The normalized spacial score (nSPS) is 14.3. The maximum absolute atomic E-state index is 12.8. The fourth-order valence-electron chi connectivity index (χ4n) is 2.99. The van der Waals surface area contributed by atoms with Gasteiger partial charge in [0.1, 0.15) is 17.2 Å². The number of nitrogens with zero attached hydrogens (tertiary/aromatic N) is 2. The van der Waals surface area contributed by atoms with Crippen LogP contribution in [0.4, 0.5) is 0 Å². The highest BCUT2D eigenvalue weighted by Crippen LogP contribution is 2.33. The summed E-state index contributed by atoms with van der Waals surface area (Å²) in [5.74, 6) is -0.407. The molecule has 1 aliphatic rings. The number of hydrogen-bond donors (Lipinski definition) is 1. The van der Waals surface area contributed by atoms with Gasteiger partial charge in [-0.15, -0.1) is 11.3 Å². The van der Waals surface area contributed by atoms with Crippen molar-refractivity contribution < 1.29 is 9.90 Å². The minimum atomic E-state index is -1.00. The summed E-state index contributed by atoms with van der Waals surface area (Å²) >= 11 is 1.61. The second-order valence-corrected chi connectivity index (χ2v) is 6.54. The molecule has 0 saturated heterocycles. The number of carboxylic acids is 1. The molecule has 0 bridgehead atoms. The summed E-state index contributed by atoms with van der Waals surface area (Å²) in [5, 5.41) is 9.72. The van der Waals surface area contributed by atoms with Crippen LogP contribution in [-0.2, 0) is 30.6 Å². The van der Waals surface area contributed by atoms with Crippen LogP contribution in [0.25, 0.3) is 10.2 Å². The third kappa shape index (κ3) is 2.48. The highest BCUT2D eigenvalue weighted by molar-refractivity contribution is 7.18. The summed E-state index contributed by atoms with van der Waals surface area (Å²) < 4.78 is 1.34. The van der Waals surface area contributed by atoms with E-state index in [9.17, 15) is 9.59 Å². The van der Waals surface area contributed by atoms with Crippen molar-refractivity contribution >= 4 is 27.5 Å². The molecule has 1 aliphatic carbocycles. The molecule has 0 unspecified atom stereocenters. The lowest BCUT2D eigenvalue weighted by molar-refractivity contribution is -0.137. The molecule has 112 valence electrons. The van der Waals surface area contributed by atoms with Gasteiger partial charge in [-0.05, 0) is 37.7 Å². The van der Waals surface area contributed by atoms with Crippen LogP contribution in [0.3, 0.4) is 0 Å². The number of carboxylic acid groups (broad SMARTS) is 1. The van der Waals surface area contributed by atoms with Gasteiger partial charge in [-0.2, -0.15) is 0 Å². The minimum absolute atomic E-state index is 0.176. The van der Waals surface area contributed by atoms with E-state index in [-0.39, 0.29) is 12.1 Å². The molecule has 3 rings (SSSR count). The number of fused-ring (bicyclic) bond motifs is 3. The number of rotatable bonds is 4. The van der Waals surface area contributed by atoms with Gasteiger partial charge in [0.2, 0.25) is 0 Å². The zero-order chi connectivity index (χ0) is 15.0. The van der Waals surface area contributed by atoms with Crippen LogP contribution in [0.1, 0.15) is 42.5 Å². The van der Waals surface area contributed by atoms with Crippen LogP contribution in [0.5, 0.6) is 0 Å². The molecule has 2 aromatic rings. The average molecular weight is 306 g/mol. The average Bonchev–Trinajstić information content (AvgIpc) is 2.81. The number of aliphatic carboxylic acids is 1. The highest BCUT2D eigenvalue weighted by atomic mass is 32.1. The quantitative estimate of drug-likeness (QED) is 0.941. The van der Waals surface area contributed by atoms with Gasteiger partial charge in [-0.25, -0.2) is 4.98 Å². The lowest BCUT2D eigenvalue weighted by atomic mass is 9.97. The first kappa shape index (κ1) is 14.3. The van der Waals surface area contributed by atoms with Crippen molar-refractivity contribution in [3.8, 4) is 0 Å². The summed E-state index contributed by atoms with van der Waals surface area (Å²) in [6.45, 7) is 1.70. The van der Waals surface area contributed by atoms with Gasteiger partial charge in [0, 0.05) is 11.3 Å². The van der Waals surface area contributed by atoms with E-state index in [1.54, 1.807) is 11.3 Å². The van der Waals surface area contributed by atoms with E-state index in [0.29, 0.717) is 17.6 Å². The molecule has 0 amide bonds. The smallest absolute Gasteiger partial charge is 0.323 e. The lowest BCUT2D eigenvalue weighted by Crippen LogP contribution is -2.28. The first-order chi connectivity index (χ1) is 10.1. The zero-order valence-corrected chi connectivity index (χ0v) is 12.8. The van der Waals surface area contributed by atoms with Crippen molar-refractivity contribution in [3.63, 3.8) is 0 Å². The summed E-state index contributed by atoms with van der Waals surface area (Å²) in [6, 6.07) is 0. The molecule has 0 atom stereocenters. The summed E-state index contributed by atoms with van der Waals surface area (Å²) in [5.41, 5.74) is 0.936. The van der Waals surface area contributed by atoms with E-state index < -0.39 is 5.97 Å². The molecule has 1 N–H and O–H groups in total. The molecule has 0 radical (unpaired) electrons. The Morgan fingerprint density at radius 2 is 2.14 bits per heavy atom. The lowest BCUT2D eigenvalue weighted by Gasteiger charge is -2.12. The fourth-order valence-corrected chi connectivity index (χ4v) is 4.26. The molecule has 0 aromatic carbocycles. The van der Waals surface area contributed by atoms with Crippen molar-refractivity contribution in [3.05, 3.63) is 26.6 Å². The van der Waals surface area contributed by atoms with Gasteiger partial charge in [0.25, 0.3) is 5.56 Å². The van der Waals surface area contributed by atoms with Crippen molar-refractivity contribution in [1.29, 1.82) is 0 Å². The van der Waals surface area contributed by atoms with E-state index in [2.05, 4.69) is 4.98 Å². The van der Waals surface area contributed by atoms with E-state index in [1.165, 1.54) is 9.44 Å². The van der Waals surface area contributed by atoms with Crippen LogP contribution in [0.15, 0.2) is 4.79 Å². The van der Waals surface area contributed by atoms with E-state index in [4.69, 9.17) is 5.11 Å². The maximum Gasteiger partial charge on any atom is 0.323 e. The molecular weight excluding hydrogens is 288 g/mol. The Morgan fingerprint density at radius 1 is 1.38 bits per heavy atom. The predicted octanol–water partition coefficient (Wildman–Crippen LogP) is 2.37. The van der Waals surface area contributed by atoms with Crippen LogP contribution >= 0.6 is 11.3 Å². The second kappa shape index (κ2) is 5.60. The third-order valence-corrected chi connectivity index (χ3v) is 5.11. The molecule has 2 heterocycles. The van der Waals surface area contributed by atoms with Crippen LogP contribution in [0, 0.1) is 0 Å². The van der Waals surface area contributed by atoms with Crippen molar-refractivity contribution in [1.82, 2.24) is 9.55 Å². The summed E-state index contributed by atoms with van der Waals surface area (Å²) in [6.07, 6.45) is 5.63. The minimum Gasteiger partial charge on any atom is -0.480 e. The first-order valence-corrected chi connectivity index (χ1v) is 8.19. The summed E-state index contributed by atoms with van der Waals surface area (Å²) in [4.78, 5) is 30.5. The number of hydrogen-bond acceptors (Lipinski definition) is 4. The monoisotopic (exact) mass is 306 g/mol. The zero-order valence-electron chi connectivity index (χ0n) is 12.0. The SMILES string of the molecule is CCCc1nc2sc3c(c2c(=O)n1CC(=O)O)CCCC3. The molecule has 0 fully saturated rings. The molecule has 0 saturated carbocycles. The van der Waals surface area contributed by atoms with Gasteiger partial charge in [-0.3, -0.25) is 14.2 Å². The van der Waals surface area contributed by atoms with Crippen LogP contribution in [0.2, 0.25) is 0 Å². The van der Waals surface area contributed by atoms with Gasteiger partial charge < -0.3 is 5.11 Å². The van der Waals surface area contributed by atoms with Crippen LogP contribution in [-0.4, -0.2) is 20.6 Å². The Hall–Kier alpha value is -1.69. The topological polar surface area (TPSA) is 72.2 Å². The molecule has 6 heteroatoms. The Labute approximate surface area is 126 Å². The van der Waals surface area contributed by atoms with E-state index in [0.717, 1.165) is 42.5 Å². The summed E-state index contributed by atoms with van der Waals surface area (Å²) in [7, 11) is 0. The number of carbonyl (C=O) groups is 1. The predicted molar refractivity (Wildman–Crippen MR) is 82.2 cm³/mol. The first-order valence-electron chi connectivity index (χ1n) is 7.37. The number of aryl methyl sites for hydroxylation is 3.